The average Bonchev–Trinajstić information content (AvgIpc) is 3.16. The van der Waals surface area contributed by atoms with Crippen LogP contribution >= 0.6 is 0 Å². The van der Waals surface area contributed by atoms with E-state index in [4.69, 9.17) is 10.2 Å². The maximum Gasteiger partial charge on any atom is 0.290 e. The highest BCUT2D eigenvalue weighted by Gasteiger charge is 2.38. The summed E-state index contributed by atoms with van der Waals surface area (Å²) < 4.78 is 32.5. The molecule has 0 spiro atoms. The molecule has 1 aliphatic heterocycles. The highest BCUT2D eigenvalue weighted by molar-refractivity contribution is 5.95. The molecule has 8 heteroatoms. The number of hydrogen-bond donors (Lipinski definition) is 2. The van der Waals surface area contributed by atoms with Crippen molar-refractivity contribution in [3.63, 3.8) is 0 Å². The van der Waals surface area contributed by atoms with Crippen LogP contribution in [0.2, 0.25) is 0 Å². The number of rotatable bonds is 3. The van der Waals surface area contributed by atoms with E-state index in [0.717, 1.165) is 18.2 Å². The van der Waals surface area contributed by atoms with E-state index in [1.807, 2.05) is 0 Å². The topological polar surface area (TPSA) is 96.8 Å². The molecule has 0 saturated carbocycles. The number of aliphatic hydroxyl groups is 1. The third-order valence-corrected chi connectivity index (χ3v) is 3.92. The van der Waals surface area contributed by atoms with Gasteiger partial charge in [0.05, 0.1) is 12.1 Å². The van der Waals surface area contributed by atoms with Crippen molar-refractivity contribution in [2.45, 2.75) is 18.6 Å². The number of benzene rings is 1. The standard InChI is InChI=1S/C16H14F2N2O4/c17-8-1-2-11(18)10(5-8)12-6-9(21)7-20(12)16(23)14-4-3-13(24-14)15(19)22/h1-5,9,12,21H,6-7H2,(H2,19,22)/t9-,12-/m0/s1. The maximum atomic E-state index is 14.0. The SMILES string of the molecule is NC(=O)c1ccc(C(=O)N2C[C@@H](O)C[C@H]2c2cc(F)ccc2F)o1. The largest absolute Gasteiger partial charge is 0.446 e. The molecule has 1 fully saturated rings. The first-order chi connectivity index (χ1) is 11.4. The molecule has 2 amide bonds. The highest BCUT2D eigenvalue weighted by Crippen LogP contribution is 2.35. The van der Waals surface area contributed by atoms with Gasteiger partial charge in [-0.1, -0.05) is 0 Å². The fourth-order valence-corrected chi connectivity index (χ4v) is 2.83. The molecule has 1 aromatic heterocycles. The van der Waals surface area contributed by atoms with E-state index in [9.17, 15) is 23.5 Å². The summed E-state index contributed by atoms with van der Waals surface area (Å²) in [6.45, 7) is -0.0634. The minimum absolute atomic E-state index is 0.0263. The number of hydrogen-bond acceptors (Lipinski definition) is 4. The van der Waals surface area contributed by atoms with Gasteiger partial charge < -0.3 is 20.2 Å². The van der Waals surface area contributed by atoms with Crippen molar-refractivity contribution < 1.29 is 27.9 Å². The number of β-amino-alcohol motifs (C(OH)–C–C–N with tert-alkyl or cyclic N) is 1. The van der Waals surface area contributed by atoms with Crippen LogP contribution in [-0.4, -0.2) is 34.5 Å². The number of likely N-dealkylation sites (tertiary alicyclic amines) is 1. The Hall–Kier alpha value is -2.74. The first-order valence-corrected chi connectivity index (χ1v) is 7.20. The van der Waals surface area contributed by atoms with Gasteiger partial charge in [0.2, 0.25) is 0 Å². The van der Waals surface area contributed by atoms with Crippen molar-refractivity contribution in [2.75, 3.05) is 6.54 Å². The Balaban J connectivity index is 1.93. The second-order valence-corrected chi connectivity index (χ2v) is 5.56. The Bertz CT molecular complexity index is 805. The number of carbonyl (C=O) groups excluding carboxylic acids is 2. The van der Waals surface area contributed by atoms with Gasteiger partial charge in [-0.2, -0.15) is 0 Å². The molecule has 3 rings (SSSR count). The Morgan fingerprint density at radius 1 is 1.21 bits per heavy atom. The molecule has 24 heavy (non-hydrogen) atoms. The molecule has 1 saturated heterocycles. The van der Waals surface area contributed by atoms with Gasteiger partial charge in [0.15, 0.2) is 11.5 Å². The summed E-state index contributed by atoms with van der Waals surface area (Å²) >= 11 is 0. The number of nitrogens with two attached hydrogens (primary N) is 1. The Morgan fingerprint density at radius 3 is 2.58 bits per heavy atom. The van der Waals surface area contributed by atoms with E-state index in [1.54, 1.807) is 0 Å². The van der Waals surface area contributed by atoms with Crippen molar-refractivity contribution in [3.05, 3.63) is 59.1 Å². The Kier molecular flexibility index (Phi) is 4.06. The van der Waals surface area contributed by atoms with E-state index >= 15 is 0 Å². The summed E-state index contributed by atoms with van der Waals surface area (Å²) in [5.74, 6) is -3.15. The van der Waals surface area contributed by atoms with Crippen LogP contribution in [0, 0.1) is 11.6 Å². The number of aliphatic hydroxyl groups excluding tert-OH is 1. The monoisotopic (exact) mass is 336 g/mol. The number of halogens is 2. The van der Waals surface area contributed by atoms with Crippen LogP contribution in [0.3, 0.4) is 0 Å². The second-order valence-electron chi connectivity index (χ2n) is 5.56. The fourth-order valence-electron chi connectivity index (χ4n) is 2.83. The van der Waals surface area contributed by atoms with E-state index < -0.39 is 35.6 Å². The first-order valence-electron chi connectivity index (χ1n) is 7.20. The van der Waals surface area contributed by atoms with Crippen molar-refractivity contribution in [3.8, 4) is 0 Å². The number of nitrogens with zero attached hydrogens (tertiary/aromatic N) is 1. The second kappa shape index (κ2) is 6.04. The minimum Gasteiger partial charge on any atom is -0.446 e. The molecule has 2 heterocycles. The summed E-state index contributed by atoms with van der Waals surface area (Å²) in [6.07, 6.45) is -0.817. The molecular formula is C16H14F2N2O4. The number of furan rings is 1. The normalized spacial score (nSPS) is 20.4. The fraction of sp³-hybridized carbons (Fsp3) is 0.250. The Labute approximate surface area is 135 Å². The van der Waals surface area contributed by atoms with Gasteiger partial charge in [-0.15, -0.1) is 0 Å². The summed E-state index contributed by atoms with van der Waals surface area (Å²) in [5.41, 5.74) is 5.04. The molecule has 6 nitrogen and oxygen atoms in total. The summed E-state index contributed by atoms with van der Waals surface area (Å²) in [6, 6.07) is 4.62. The molecule has 1 aliphatic rings. The van der Waals surface area contributed by atoms with E-state index in [2.05, 4.69) is 0 Å². The maximum absolute atomic E-state index is 14.0. The predicted octanol–water partition coefficient (Wildman–Crippen LogP) is 1.60. The van der Waals surface area contributed by atoms with Crippen molar-refractivity contribution >= 4 is 11.8 Å². The van der Waals surface area contributed by atoms with Crippen LogP contribution in [0.5, 0.6) is 0 Å². The van der Waals surface area contributed by atoms with Gasteiger partial charge in [0, 0.05) is 12.1 Å². The summed E-state index contributed by atoms with van der Waals surface area (Å²) in [7, 11) is 0. The van der Waals surface area contributed by atoms with Gasteiger partial charge in [0.25, 0.3) is 11.8 Å². The van der Waals surface area contributed by atoms with Crippen molar-refractivity contribution in [1.29, 1.82) is 0 Å². The Morgan fingerprint density at radius 2 is 1.92 bits per heavy atom. The summed E-state index contributed by atoms with van der Waals surface area (Å²) in [4.78, 5) is 24.8. The molecule has 1 aromatic carbocycles. The number of primary amides is 1. The molecule has 2 aromatic rings. The lowest BCUT2D eigenvalue weighted by molar-refractivity contribution is 0.0679. The summed E-state index contributed by atoms with van der Waals surface area (Å²) in [5, 5.41) is 9.87. The number of carbonyl (C=O) groups is 2. The first kappa shape index (κ1) is 16.1. The molecule has 0 bridgehead atoms. The van der Waals surface area contributed by atoms with Crippen molar-refractivity contribution in [2.24, 2.45) is 5.73 Å². The lowest BCUT2D eigenvalue weighted by Crippen LogP contribution is -2.32. The molecule has 2 atom stereocenters. The van der Waals surface area contributed by atoms with Crippen LogP contribution in [-0.2, 0) is 0 Å². The molecule has 0 radical (unpaired) electrons. The smallest absolute Gasteiger partial charge is 0.290 e. The minimum atomic E-state index is -0.882. The van der Waals surface area contributed by atoms with Crippen LogP contribution < -0.4 is 5.73 Å². The molecule has 126 valence electrons. The van der Waals surface area contributed by atoms with E-state index in [1.165, 1.54) is 17.0 Å². The molecular weight excluding hydrogens is 322 g/mol. The van der Waals surface area contributed by atoms with Crippen LogP contribution in [0.15, 0.2) is 34.7 Å². The zero-order valence-corrected chi connectivity index (χ0v) is 12.4. The van der Waals surface area contributed by atoms with Crippen LogP contribution in [0.1, 0.15) is 39.1 Å². The number of amides is 2. The molecule has 0 unspecified atom stereocenters. The lowest BCUT2D eigenvalue weighted by atomic mass is 10.0. The van der Waals surface area contributed by atoms with Crippen LogP contribution in [0.25, 0.3) is 0 Å². The molecule has 0 aliphatic carbocycles. The van der Waals surface area contributed by atoms with E-state index in [0.29, 0.717) is 0 Å². The van der Waals surface area contributed by atoms with Gasteiger partial charge in [-0.25, -0.2) is 8.78 Å². The van der Waals surface area contributed by atoms with Gasteiger partial charge >= 0.3 is 0 Å². The third kappa shape index (κ3) is 2.88. The lowest BCUT2D eigenvalue weighted by Gasteiger charge is -2.24. The predicted molar refractivity (Wildman–Crippen MR) is 78.0 cm³/mol. The van der Waals surface area contributed by atoms with E-state index in [-0.39, 0.29) is 30.0 Å². The zero-order chi connectivity index (χ0) is 17.4. The third-order valence-electron chi connectivity index (χ3n) is 3.92. The van der Waals surface area contributed by atoms with Crippen molar-refractivity contribution in [1.82, 2.24) is 4.90 Å². The quantitative estimate of drug-likeness (QED) is 0.890. The zero-order valence-electron chi connectivity index (χ0n) is 12.4. The van der Waals surface area contributed by atoms with Crippen LogP contribution in [0.4, 0.5) is 8.78 Å². The molecule has 3 N–H and O–H groups in total. The highest BCUT2D eigenvalue weighted by atomic mass is 19.1. The van der Waals surface area contributed by atoms with Gasteiger partial charge in [-0.05, 0) is 36.8 Å². The van der Waals surface area contributed by atoms with Gasteiger partial charge in [0.1, 0.15) is 11.6 Å². The average molecular weight is 336 g/mol. The van der Waals surface area contributed by atoms with Gasteiger partial charge in [-0.3, -0.25) is 9.59 Å².